The van der Waals surface area contributed by atoms with Gasteiger partial charge in [0.15, 0.2) is 0 Å². The number of hydrogen-bond acceptors (Lipinski definition) is 3. The summed E-state index contributed by atoms with van der Waals surface area (Å²) in [5.74, 6) is 0.925. The Labute approximate surface area is 143 Å². The van der Waals surface area contributed by atoms with Crippen LogP contribution < -0.4 is 15.0 Å². The molecular weight excluding hydrogens is 304 g/mol. The van der Waals surface area contributed by atoms with Gasteiger partial charge in [-0.15, -0.1) is 0 Å². The topological polar surface area (TPSA) is 58.6 Å². The van der Waals surface area contributed by atoms with E-state index in [9.17, 15) is 9.59 Å². The maximum absolute atomic E-state index is 12.7. The number of benzene rings is 1. The molecule has 1 fully saturated rings. The molecule has 5 nitrogen and oxygen atoms in total. The fourth-order valence-electron chi connectivity index (χ4n) is 3.47. The average Bonchev–Trinajstić information content (AvgIpc) is 3.06. The molecule has 1 aromatic carbocycles. The van der Waals surface area contributed by atoms with Gasteiger partial charge >= 0.3 is 0 Å². The van der Waals surface area contributed by atoms with Crippen molar-refractivity contribution in [2.75, 3.05) is 23.4 Å². The van der Waals surface area contributed by atoms with Crippen LogP contribution in [0.4, 0.5) is 11.4 Å². The number of fused-ring (bicyclic) bond motifs is 1. The van der Waals surface area contributed by atoms with Gasteiger partial charge in [0.05, 0.1) is 11.1 Å². The molecule has 130 valence electrons. The van der Waals surface area contributed by atoms with E-state index in [2.05, 4.69) is 5.32 Å². The van der Waals surface area contributed by atoms with Crippen LogP contribution in [0, 0.1) is 11.3 Å². The molecule has 1 aliphatic carbocycles. The Morgan fingerprint density at radius 3 is 2.71 bits per heavy atom. The van der Waals surface area contributed by atoms with Crippen LogP contribution in [0.5, 0.6) is 5.75 Å². The van der Waals surface area contributed by atoms with E-state index in [0.29, 0.717) is 18.9 Å². The number of ether oxygens (including phenoxy) is 1. The summed E-state index contributed by atoms with van der Waals surface area (Å²) in [6.07, 6.45) is 4.21. The first-order valence-electron chi connectivity index (χ1n) is 8.82. The molecule has 1 heterocycles. The third kappa shape index (κ3) is 3.12. The summed E-state index contributed by atoms with van der Waals surface area (Å²) < 4.78 is 5.90. The number of anilines is 2. The second kappa shape index (κ2) is 6.46. The van der Waals surface area contributed by atoms with Gasteiger partial charge in [0.1, 0.15) is 12.4 Å². The minimum atomic E-state index is -0.567. The van der Waals surface area contributed by atoms with Gasteiger partial charge in [-0.05, 0) is 45.7 Å². The quantitative estimate of drug-likeness (QED) is 0.921. The predicted octanol–water partition coefficient (Wildman–Crippen LogP) is 3.59. The standard InChI is InChI=1S/C19H26N2O3/c1-4-21-15-10-9-14(20-17(22)13-7-5-6-8-13)11-16(15)24-12-19(2,3)18(21)23/h9-11,13H,4-8,12H2,1-3H3,(H,20,22). The first kappa shape index (κ1) is 16.8. The van der Waals surface area contributed by atoms with E-state index < -0.39 is 5.41 Å². The Balaban J connectivity index is 1.84. The molecule has 1 N–H and O–H groups in total. The molecule has 1 aromatic rings. The minimum absolute atomic E-state index is 0.0616. The zero-order chi connectivity index (χ0) is 17.3. The first-order valence-corrected chi connectivity index (χ1v) is 8.82. The zero-order valence-electron chi connectivity index (χ0n) is 14.7. The molecule has 0 spiro atoms. The number of carbonyl (C=O) groups excluding carboxylic acids is 2. The van der Waals surface area contributed by atoms with Crippen LogP contribution in [0.3, 0.4) is 0 Å². The highest BCUT2D eigenvalue weighted by molar-refractivity contribution is 6.00. The molecule has 2 amide bonds. The Bertz CT molecular complexity index is 648. The van der Waals surface area contributed by atoms with Gasteiger partial charge in [-0.1, -0.05) is 12.8 Å². The summed E-state index contributed by atoms with van der Waals surface area (Å²) in [4.78, 5) is 26.7. The molecule has 0 radical (unpaired) electrons. The lowest BCUT2D eigenvalue weighted by atomic mass is 9.93. The van der Waals surface area contributed by atoms with E-state index in [1.54, 1.807) is 4.90 Å². The fraction of sp³-hybridized carbons (Fsp3) is 0.579. The average molecular weight is 330 g/mol. The largest absolute Gasteiger partial charge is 0.490 e. The molecule has 0 aromatic heterocycles. The van der Waals surface area contributed by atoms with Gasteiger partial charge in [-0.25, -0.2) is 0 Å². The fourth-order valence-corrected chi connectivity index (χ4v) is 3.47. The van der Waals surface area contributed by atoms with Gasteiger partial charge in [0.2, 0.25) is 11.8 Å². The van der Waals surface area contributed by atoms with Crippen molar-refractivity contribution >= 4 is 23.2 Å². The lowest BCUT2D eigenvalue weighted by Crippen LogP contribution is -2.42. The van der Waals surface area contributed by atoms with Gasteiger partial charge in [0, 0.05) is 24.2 Å². The van der Waals surface area contributed by atoms with Crippen molar-refractivity contribution in [3.8, 4) is 5.75 Å². The Morgan fingerprint density at radius 1 is 1.33 bits per heavy atom. The van der Waals surface area contributed by atoms with E-state index in [1.165, 1.54) is 0 Å². The predicted molar refractivity (Wildman–Crippen MR) is 94.3 cm³/mol. The normalized spacial score (nSPS) is 20.3. The SMILES string of the molecule is CCN1C(=O)C(C)(C)COc2cc(NC(=O)C3CCCC3)ccc21. The van der Waals surface area contributed by atoms with E-state index in [1.807, 2.05) is 39.0 Å². The van der Waals surface area contributed by atoms with Gasteiger partial charge in [-0.2, -0.15) is 0 Å². The van der Waals surface area contributed by atoms with Gasteiger partial charge in [0.25, 0.3) is 0 Å². The van der Waals surface area contributed by atoms with Crippen LogP contribution in [0.1, 0.15) is 46.5 Å². The van der Waals surface area contributed by atoms with Gasteiger partial charge < -0.3 is 15.0 Å². The highest BCUT2D eigenvalue weighted by Gasteiger charge is 2.37. The highest BCUT2D eigenvalue weighted by atomic mass is 16.5. The van der Waals surface area contributed by atoms with Crippen LogP contribution in [0.15, 0.2) is 18.2 Å². The molecule has 5 heteroatoms. The van der Waals surface area contributed by atoms with Crippen LogP contribution >= 0.6 is 0 Å². The molecule has 0 unspecified atom stereocenters. The van der Waals surface area contributed by atoms with Crippen LogP contribution in [-0.4, -0.2) is 25.0 Å². The minimum Gasteiger partial charge on any atom is -0.490 e. The second-order valence-corrected chi connectivity index (χ2v) is 7.38. The molecule has 3 rings (SSSR count). The molecule has 0 bridgehead atoms. The number of amides is 2. The van der Waals surface area contributed by atoms with Crippen LogP contribution in [0.2, 0.25) is 0 Å². The van der Waals surface area contributed by atoms with Crippen molar-refractivity contribution in [3.63, 3.8) is 0 Å². The number of carbonyl (C=O) groups is 2. The Hall–Kier alpha value is -2.04. The van der Waals surface area contributed by atoms with Gasteiger partial charge in [-0.3, -0.25) is 9.59 Å². The van der Waals surface area contributed by atoms with Crippen molar-refractivity contribution in [2.24, 2.45) is 11.3 Å². The number of nitrogens with zero attached hydrogens (tertiary/aromatic N) is 1. The van der Waals surface area contributed by atoms with Crippen molar-refractivity contribution < 1.29 is 14.3 Å². The molecule has 24 heavy (non-hydrogen) atoms. The van der Waals surface area contributed by atoms with Crippen LogP contribution in [0.25, 0.3) is 0 Å². The lowest BCUT2D eigenvalue weighted by Gasteiger charge is -2.26. The van der Waals surface area contributed by atoms with Crippen LogP contribution in [-0.2, 0) is 9.59 Å². The summed E-state index contributed by atoms with van der Waals surface area (Å²) in [6, 6.07) is 5.55. The van der Waals surface area contributed by atoms with E-state index >= 15 is 0 Å². The monoisotopic (exact) mass is 330 g/mol. The van der Waals surface area contributed by atoms with E-state index in [-0.39, 0.29) is 17.7 Å². The van der Waals surface area contributed by atoms with Crippen molar-refractivity contribution in [3.05, 3.63) is 18.2 Å². The Morgan fingerprint density at radius 2 is 2.04 bits per heavy atom. The number of hydrogen-bond donors (Lipinski definition) is 1. The van der Waals surface area contributed by atoms with Crippen molar-refractivity contribution in [2.45, 2.75) is 46.5 Å². The lowest BCUT2D eigenvalue weighted by molar-refractivity contribution is -0.127. The highest BCUT2D eigenvalue weighted by Crippen LogP contribution is 2.38. The maximum Gasteiger partial charge on any atom is 0.236 e. The maximum atomic E-state index is 12.7. The smallest absolute Gasteiger partial charge is 0.236 e. The summed E-state index contributed by atoms with van der Waals surface area (Å²) >= 11 is 0. The Kier molecular flexibility index (Phi) is 4.52. The van der Waals surface area contributed by atoms with Crippen molar-refractivity contribution in [1.82, 2.24) is 0 Å². The molecule has 1 saturated carbocycles. The van der Waals surface area contributed by atoms with Crippen molar-refractivity contribution in [1.29, 1.82) is 0 Å². The third-order valence-electron chi connectivity index (χ3n) is 4.97. The molecule has 0 atom stereocenters. The van der Waals surface area contributed by atoms with E-state index in [0.717, 1.165) is 37.1 Å². The summed E-state index contributed by atoms with van der Waals surface area (Å²) in [7, 11) is 0. The zero-order valence-corrected chi connectivity index (χ0v) is 14.7. The number of nitrogens with one attached hydrogen (secondary N) is 1. The third-order valence-corrected chi connectivity index (χ3v) is 4.97. The number of rotatable bonds is 3. The summed E-state index contributed by atoms with van der Waals surface area (Å²) in [5.41, 5.74) is 0.934. The first-order chi connectivity index (χ1) is 11.4. The molecule has 1 aliphatic heterocycles. The summed E-state index contributed by atoms with van der Waals surface area (Å²) in [6.45, 7) is 6.67. The van der Waals surface area contributed by atoms with E-state index in [4.69, 9.17) is 4.74 Å². The molecular formula is C19H26N2O3. The second-order valence-electron chi connectivity index (χ2n) is 7.38. The molecule has 2 aliphatic rings. The summed E-state index contributed by atoms with van der Waals surface area (Å²) in [5, 5.41) is 3.00. The molecule has 0 saturated heterocycles.